The van der Waals surface area contributed by atoms with Crippen LogP contribution in [0.2, 0.25) is 0 Å². The molecule has 1 N–H and O–H groups in total. The Morgan fingerprint density at radius 1 is 1.35 bits per heavy atom. The van der Waals surface area contributed by atoms with Crippen molar-refractivity contribution in [2.75, 3.05) is 0 Å². The Balaban J connectivity index is 2.21. The molecule has 0 spiro atoms. The van der Waals surface area contributed by atoms with Crippen LogP contribution >= 0.6 is 15.9 Å². The molecule has 0 radical (unpaired) electrons. The van der Waals surface area contributed by atoms with Crippen LogP contribution in [0.25, 0.3) is 11.0 Å². The Kier molecular flexibility index (Phi) is 3.19. The number of hydrogen-bond donors (Lipinski definition) is 1. The fourth-order valence-corrected chi connectivity index (χ4v) is 2.55. The van der Waals surface area contributed by atoms with Crippen molar-refractivity contribution >= 4 is 32.9 Å². The zero-order valence-electron chi connectivity index (χ0n) is 10.2. The van der Waals surface area contributed by atoms with Crippen LogP contribution < -0.4 is 0 Å². The molecule has 0 bridgehead atoms. The summed E-state index contributed by atoms with van der Waals surface area (Å²) >= 11 is 3.39. The number of carboxylic acids is 1. The van der Waals surface area contributed by atoms with Crippen LogP contribution in [0.5, 0.6) is 0 Å². The van der Waals surface area contributed by atoms with Crippen molar-refractivity contribution in [3.05, 3.63) is 52.8 Å². The van der Waals surface area contributed by atoms with Crippen LogP contribution in [0.4, 0.5) is 0 Å². The highest BCUT2D eigenvalue weighted by Crippen LogP contribution is 2.24. The van der Waals surface area contributed by atoms with Crippen LogP contribution in [0.3, 0.4) is 0 Å². The highest BCUT2D eigenvalue weighted by molar-refractivity contribution is 9.10. The maximum absolute atomic E-state index is 11.4. The fraction of sp³-hybridized carbons (Fsp3) is 0.0769. The van der Waals surface area contributed by atoms with E-state index in [-0.39, 0.29) is 5.82 Å². The summed E-state index contributed by atoms with van der Waals surface area (Å²) in [6.45, 7) is 0.335. The second-order valence-electron chi connectivity index (χ2n) is 4.14. The van der Waals surface area contributed by atoms with E-state index in [9.17, 15) is 9.90 Å². The highest BCUT2D eigenvalue weighted by Gasteiger charge is 2.19. The number of imidazole rings is 1. The summed E-state index contributed by atoms with van der Waals surface area (Å²) in [6.07, 6.45) is 4.83. The Hall–Kier alpha value is -2.28. The number of pyridine rings is 2. The minimum absolute atomic E-state index is 0.0284. The molecule has 0 aliphatic rings. The Morgan fingerprint density at radius 3 is 2.90 bits per heavy atom. The standard InChI is InChI=1S/C13H9BrN4O2/c14-9-5-15-6-10-11(9)18(12(17-10)13(19)20)7-8-3-1-2-4-16-8/h1-6H,7H2,(H,19,20). The van der Waals surface area contributed by atoms with Gasteiger partial charge in [-0.3, -0.25) is 9.97 Å². The average molecular weight is 333 g/mol. The summed E-state index contributed by atoms with van der Waals surface area (Å²) in [4.78, 5) is 23.7. The van der Waals surface area contributed by atoms with Crippen molar-refractivity contribution in [1.82, 2.24) is 19.5 Å². The third-order valence-electron chi connectivity index (χ3n) is 2.84. The molecule has 7 heteroatoms. The topological polar surface area (TPSA) is 80.9 Å². The van der Waals surface area contributed by atoms with Gasteiger partial charge in [0.15, 0.2) is 0 Å². The van der Waals surface area contributed by atoms with Gasteiger partial charge in [0.1, 0.15) is 5.52 Å². The molecule has 0 saturated heterocycles. The maximum Gasteiger partial charge on any atom is 0.372 e. The molecule has 0 unspecified atom stereocenters. The van der Waals surface area contributed by atoms with Crippen molar-refractivity contribution in [2.24, 2.45) is 0 Å². The fourth-order valence-electron chi connectivity index (χ4n) is 2.02. The molecule has 3 aromatic heterocycles. The molecular weight excluding hydrogens is 324 g/mol. The minimum atomic E-state index is -1.08. The lowest BCUT2D eigenvalue weighted by atomic mass is 10.3. The molecule has 0 aromatic carbocycles. The van der Waals surface area contributed by atoms with E-state index in [2.05, 4.69) is 30.9 Å². The summed E-state index contributed by atoms with van der Waals surface area (Å²) in [5, 5.41) is 9.30. The zero-order valence-corrected chi connectivity index (χ0v) is 11.8. The number of carbonyl (C=O) groups is 1. The number of aromatic carboxylic acids is 1. The highest BCUT2D eigenvalue weighted by atomic mass is 79.9. The third kappa shape index (κ3) is 2.16. The first-order chi connectivity index (χ1) is 9.66. The molecule has 3 aromatic rings. The van der Waals surface area contributed by atoms with Crippen LogP contribution in [0.15, 0.2) is 41.3 Å². The quantitative estimate of drug-likeness (QED) is 0.796. The lowest BCUT2D eigenvalue weighted by molar-refractivity contribution is 0.0679. The molecule has 100 valence electrons. The van der Waals surface area contributed by atoms with Gasteiger partial charge in [-0.25, -0.2) is 9.78 Å². The van der Waals surface area contributed by atoms with E-state index in [1.165, 1.54) is 0 Å². The monoisotopic (exact) mass is 332 g/mol. The molecule has 0 aliphatic carbocycles. The lowest BCUT2D eigenvalue weighted by Gasteiger charge is -2.07. The zero-order chi connectivity index (χ0) is 14.1. The molecule has 0 saturated carbocycles. The SMILES string of the molecule is O=C(O)c1nc2cncc(Br)c2n1Cc1ccccn1. The summed E-state index contributed by atoms with van der Waals surface area (Å²) < 4.78 is 2.32. The molecule has 0 fully saturated rings. The molecule has 3 rings (SSSR count). The van der Waals surface area contributed by atoms with E-state index in [4.69, 9.17) is 0 Å². The normalized spacial score (nSPS) is 10.8. The van der Waals surface area contributed by atoms with Crippen molar-refractivity contribution in [3.8, 4) is 0 Å². The van der Waals surface area contributed by atoms with E-state index in [0.29, 0.717) is 22.1 Å². The summed E-state index contributed by atoms with van der Waals surface area (Å²) in [7, 11) is 0. The van der Waals surface area contributed by atoms with Crippen molar-refractivity contribution < 1.29 is 9.90 Å². The predicted molar refractivity (Wildman–Crippen MR) is 75.5 cm³/mol. The van der Waals surface area contributed by atoms with Gasteiger partial charge in [-0.1, -0.05) is 6.07 Å². The number of fused-ring (bicyclic) bond motifs is 1. The Morgan fingerprint density at radius 2 is 2.20 bits per heavy atom. The summed E-state index contributed by atoms with van der Waals surface area (Å²) in [6, 6.07) is 5.51. The van der Waals surface area contributed by atoms with Crippen molar-refractivity contribution in [3.63, 3.8) is 0 Å². The first-order valence-corrected chi connectivity index (χ1v) is 6.59. The summed E-state index contributed by atoms with van der Waals surface area (Å²) in [5.74, 6) is -1.11. The lowest BCUT2D eigenvalue weighted by Crippen LogP contribution is -2.11. The van der Waals surface area contributed by atoms with E-state index >= 15 is 0 Å². The molecule has 20 heavy (non-hydrogen) atoms. The number of nitrogens with zero attached hydrogens (tertiary/aromatic N) is 4. The first-order valence-electron chi connectivity index (χ1n) is 5.80. The van der Waals surface area contributed by atoms with Crippen molar-refractivity contribution in [2.45, 2.75) is 6.54 Å². The van der Waals surface area contributed by atoms with Crippen LogP contribution in [-0.4, -0.2) is 30.6 Å². The van der Waals surface area contributed by atoms with Crippen LogP contribution in [0, 0.1) is 0 Å². The number of rotatable bonds is 3. The predicted octanol–water partition coefficient (Wildman–Crippen LogP) is 2.34. The average Bonchev–Trinajstić information content (AvgIpc) is 2.80. The molecule has 6 nitrogen and oxygen atoms in total. The van der Waals surface area contributed by atoms with Gasteiger partial charge in [0.2, 0.25) is 5.82 Å². The van der Waals surface area contributed by atoms with Gasteiger partial charge >= 0.3 is 5.97 Å². The Labute approximate surface area is 122 Å². The van der Waals surface area contributed by atoms with Gasteiger partial charge in [0.25, 0.3) is 0 Å². The van der Waals surface area contributed by atoms with Gasteiger partial charge in [-0.2, -0.15) is 0 Å². The van der Waals surface area contributed by atoms with Crippen LogP contribution in [-0.2, 0) is 6.54 Å². The molecule has 0 aliphatic heterocycles. The first kappa shape index (κ1) is 12.7. The van der Waals surface area contributed by atoms with Crippen LogP contribution in [0.1, 0.15) is 16.3 Å². The third-order valence-corrected chi connectivity index (χ3v) is 3.42. The van der Waals surface area contributed by atoms with E-state index in [1.807, 2.05) is 18.2 Å². The number of halogens is 1. The molecule has 0 amide bonds. The van der Waals surface area contributed by atoms with E-state index < -0.39 is 5.97 Å². The second-order valence-corrected chi connectivity index (χ2v) is 4.99. The molecule has 3 heterocycles. The van der Waals surface area contributed by atoms with Gasteiger partial charge < -0.3 is 9.67 Å². The number of carboxylic acid groups (broad SMARTS) is 1. The molecular formula is C13H9BrN4O2. The van der Waals surface area contributed by atoms with Gasteiger partial charge in [-0.05, 0) is 28.1 Å². The van der Waals surface area contributed by atoms with Gasteiger partial charge in [-0.15, -0.1) is 0 Å². The van der Waals surface area contributed by atoms with Gasteiger partial charge in [0.05, 0.1) is 28.4 Å². The second kappa shape index (κ2) is 5.01. The number of hydrogen-bond acceptors (Lipinski definition) is 4. The minimum Gasteiger partial charge on any atom is -0.475 e. The molecule has 0 atom stereocenters. The largest absolute Gasteiger partial charge is 0.475 e. The van der Waals surface area contributed by atoms with E-state index in [1.54, 1.807) is 23.2 Å². The van der Waals surface area contributed by atoms with E-state index in [0.717, 1.165) is 5.69 Å². The smallest absolute Gasteiger partial charge is 0.372 e. The maximum atomic E-state index is 11.4. The number of aromatic nitrogens is 4. The van der Waals surface area contributed by atoms with Crippen molar-refractivity contribution in [1.29, 1.82) is 0 Å². The van der Waals surface area contributed by atoms with Gasteiger partial charge in [0, 0.05) is 12.4 Å². The Bertz CT molecular complexity index is 786. The summed E-state index contributed by atoms with van der Waals surface area (Å²) in [5.41, 5.74) is 1.99.